The van der Waals surface area contributed by atoms with E-state index in [4.69, 9.17) is 16.9 Å². The Balaban J connectivity index is 0.000000133. The number of amides is 8. The van der Waals surface area contributed by atoms with E-state index in [-0.39, 0.29) is 29.4 Å². The van der Waals surface area contributed by atoms with Gasteiger partial charge in [-0.3, -0.25) is 34.5 Å². The Labute approximate surface area is 878 Å². The monoisotopic (exact) mass is 2090 g/mol. The molecule has 149 heavy (non-hydrogen) atoms. The second-order valence-corrected chi connectivity index (χ2v) is 37.2. The Hall–Kier alpha value is -18.6. The molecule has 0 saturated heterocycles. The van der Waals surface area contributed by atoms with Crippen LogP contribution in [0.4, 0.5) is 127 Å². The van der Waals surface area contributed by atoms with Gasteiger partial charge in [-0.1, -0.05) is 72.3 Å². The van der Waals surface area contributed by atoms with Gasteiger partial charge in [-0.25, -0.2) is 52.5 Å². The number of nitriles is 1. The molecule has 740 valence electrons. The Morgan fingerprint density at radius 1 is 0.282 bits per heavy atom. The molecule has 29 nitrogen and oxygen atoms in total. The molecule has 38 heteroatoms. The van der Waals surface area contributed by atoms with Gasteiger partial charge in [-0.15, -0.1) is 56.7 Å². The number of pyridine rings is 5. The number of aromatic nitrogens is 10. The topological polar surface area (TPSA) is 394 Å². The van der Waals surface area contributed by atoms with E-state index in [1.165, 1.54) is 111 Å². The molecule has 13 N–H and O–H groups in total. The van der Waals surface area contributed by atoms with Gasteiger partial charge in [0.25, 0.3) is 11.8 Å². The number of rotatable bonds is 25. The van der Waals surface area contributed by atoms with Crippen LogP contribution in [0.5, 0.6) is 0 Å². The number of nitrogens with zero attached hydrogens (tertiary/aromatic N) is 11. The fourth-order valence-corrected chi connectivity index (χ4v) is 17.7. The average Bonchev–Trinajstić information content (AvgIpc) is 1.82. The van der Waals surface area contributed by atoms with Crippen molar-refractivity contribution in [2.24, 2.45) is 0 Å². The van der Waals surface area contributed by atoms with Crippen molar-refractivity contribution in [1.82, 2.24) is 49.8 Å². The van der Waals surface area contributed by atoms with E-state index in [1.54, 1.807) is 135 Å². The molecule has 20 rings (SSSR count). The van der Waals surface area contributed by atoms with Gasteiger partial charge in [-0.05, 0) is 275 Å². The molecule has 20 aromatic rings. The first-order valence-electron chi connectivity index (χ1n) is 45.5. The number of thiazole rings is 5. The first-order chi connectivity index (χ1) is 72.4. The summed E-state index contributed by atoms with van der Waals surface area (Å²) in [6.07, 6.45) is 17.5. The predicted octanol–water partition coefficient (Wildman–Crippen LogP) is 29.7. The molecule has 10 aromatic heterocycles. The summed E-state index contributed by atoms with van der Waals surface area (Å²) in [6.45, 7) is 9.88. The SMILES string of the molecule is Cc1ccc(NC(=O)Nc2cccc(F)c2)cc1Nc1nc(-c2cccnc2)cs1.Cc1ccc(NC(=O)Nc2ccccc2Cl)cc1Nc1nc(-c2cccnc2)cs1.Cc1ccc(NC(=O)Nc2ccccc2F)cc1Nc1nc(-c2cccnc2)cs1.Cc1ccc(NC(=O)c2ccc(C#N)cc2)cc1Nc1nc(-c2cccnc2)cs1.Cc1ccc(NC(=O)c2ccc(F)cc2)cc1Nc1nc(-c2cccnc2)cs1. The number of aryl methyl sites for hydroxylation is 5. The number of urea groups is 3. The Morgan fingerprint density at radius 2 is 0.570 bits per heavy atom. The van der Waals surface area contributed by atoms with Crippen LogP contribution in [-0.4, -0.2) is 79.7 Å². The molecule has 0 saturated carbocycles. The van der Waals surface area contributed by atoms with Gasteiger partial charge in [-0.2, -0.15) is 5.26 Å². The Bertz CT molecular complexity index is 7910. The molecule has 10 heterocycles. The fourth-order valence-electron chi connectivity index (χ4n) is 13.9. The third-order valence-corrected chi connectivity index (χ3v) is 25.8. The summed E-state index contributed by atoms with van der Waals surface area (Å²) < 4.78 is 40.0. The molecule has 0 unspecified atom stereocenters. The van der Waals surface area contributed by atoms with E-state index in [9.17, 15) is 37.1 Å². The largest absolute Gasteiger partial charge is 0.331 e. The molecular weight excluding hydrogens is 2000 g/mol. The highest BCUT2D eigenvalue weighted by Crippen LogP contribution is 2.38. The number of halogens is 4. The van der Waals surface area contributed by atoms with E-state index in [0.29, 0.717) is 61.5 Å². The molecule has 0 radical (unpaired) electrons. The van der Waals surface area contributed by atoms with Crippen molar-refractivity contribution in [2.45, 2.75) is 34.6 Å². The standard InChI is InChI=1S/C23H17N5OS.C22H18ClN5OS.2C22H18FN5OS.C22H17FN4OS/c1-15-4-9-19(26-22(29)17-7-5-16(12-24)6-8-17)11-20(15)27-23-28-21(14-30-23)18-3-2-10-25-13-18;1-14-8-9-16(25-21(29)26-18-7-3-2-6-17(18)23)11-19(14)27-22-28-20(13-30-22)15-5-4-10-24-12-15;1-14-7-8-18(26-21(29)25-17-6-2-5-16(23)10-17)11-19(14)27-22-28-20(13-30-22)15-4-3-9-24-12-15;1-14-8-9-16(25-21(29)26-18-7-3-2-6-17(18)23)11-19(14)27-22-28-20(13-30-22)15-5-4-10-24-12-15;1-14-4-9-18(25-21(28)15-5-7-17(23)8-6-15)11-19(14)26-22-27-20(13-29-22)16-3-2-10-24-12-16/h2-11,13-14H,1H3,(H,26,29)(H,27,28);3*2-13H,1H3,(H,27,28)(H2,25,26,29);2-13H,1H3,(H,25,28)(H,26,27). The van der Waals surface area contributed by atoms with Crippen molar-refractivity contribution in [1.29, 1.82) is 5.26 Å². The molecule has 0 aliphatic heterocycles. The summed E-state index contributed by atoms with van der Waals surface area (Å²) >= 11 is 13.6. The summed E-state index contributed by atoms with van der Waals surface area (Å²) in [6, 6.07) is 78.5. The van der Waals surface area contributed by atoms with E-state index in [2.05, 4.69) is 119 Å². The maximum absolute atomic E-state index is 13.7. The van der Waals surface area contributed by atoms with Crippen molar-refractivity contribution in [3.05, 3.63) is 429 Å². The van der Waals surface area contributed by atoms with Gasteiger partial charge in [0.05, 0.1) is 56.5 Å². The Kier molecular flexibility index (Phi) is 35.1. The predicted molar refractivity (Wildman–Crippen MR) is 595 cm³/mol. The molecule has 0 aliphatic rings. The molecule has 10 aromatic carbocycles. The zero-order chi connectivity index (χ0) is 104. The second kappa shape index (κ2) is 50.6. The lowest BCUT2D eigenvalue weighted by atomic mass is 10.1. The number of hydrogen-bond acceptors (Lipinski definition) is 26. The number of carbonyl (C=O) groups excluding carboxylic acids is 5. The first-order valence-corrected chi connectivity index (χ1v) is 50.3. The molecule has 8 amide bonds. The van der Waals surface area contributed by atoms with Gasteiger partial charge < -0.3 is 69.1 Å². The van der Waals surface area contributed by atoms with Crippen LogP contribution in [-0.2, 0) is 0 Å². The maximum atomic E-state index is 13.7. The molecule has 0 atom stereocenters. The molecule has 0 spiro atoms. The number of carbonyl (C=O) groups is 5. The van der Waals surface area contributed by atoms with Crippen LogP contribution in [0.25, 0.3) is 56.3 Å². The van der Waals surface area contributed by atoms with Crippen LogP contribution in [0.1, 0.15) is 54.1 Å². The van der Waals surface area contributed by atoms with E-state index in [1.807, 2.05) is 213 Å². The first kappa shape index (κ1) is 103. The Morgan fingerprint density at radius 3 is 0.872 bits per heavy atom. The fraction of sp³-hybridized carbons (Fsp3) is 0.0450. The summed E-state index contributed by atoms with van der Waals surface area (Å²) in [5, 5.41) is 61.4. The van der Waals surface area contributed by atoms with Crippen molar-refractivity contribution in [3.8, 4) is 62.4 Å². The third kappa shape index (κ3) is 29.8. The van der Waals surface area contributed by atoms with Crippen molar-refractivity contribution < 1.29 is 37.1 Å². The zero-order valence-corrected chi connectivity index (χ0v) is 84.5. The van der Waals surface area contributed by atoms with Crippen LogP contribution in [0.15, 0.2) is 362 Å². The van der Waals surface area contributed by atoms with Crippen LogP contribution >= 0.6 is 68.3 Å². The van der Waals surface area contributed by atoms with Gasteiger partial charge in [0.15, 0.2) is 25.7 Å². The molecule has 0 fully saturated rings. The highest BCUT2D eigenvalue weighted by molar-refractivity contribution is 7.15. The smallest absolute Gasteiger partial charge is 0.323 e. The lowest BCUT2D eigenvalue weighted by Crippen LogP contribution is -2.20. The molecule has 0 aliphatic carbocycles. The summed E-state index contributed by atoms with van der Waals surface area (Å²) in [5.74, 6) is -1.82. The second-order valence-electron chi connectivity index (χ2n) is 32.5. The normalized spacial score (nSPS) is 10.4. The van der Waals surface area contributed by atoms with Gasteiger partial charge in [0, 0.05) is 190 Å². The van der Waals surface area contributed by atoms with Crippen LogP contribution in [0, 0.1) is 63.4 Å². The minimum atomic E-state index is -0.525. The van der Waals surface area contributed by atoms with Crippen molar-refractivity contribution >= 4 is 198 Å². The summed E-state index contributed by atoms with van der Waals surface area (Å²) in [5.41, 5.74) is 23.9. The van der Waals surface area contributed by atoms with Crippen molar-refractivity contribution in [2.75, 3.05) is 69.1 Å². The summed E-state index contributed by atoms with van der Waals surface area (Å²) in [4.78, 5) is 105. The van der Waals surface area contributed by atoms with Crippen LogP contribution < -0.4 is 69.1 Å². The van der Waals surface area contributed by atoms with Gasteiger partial charge >= 0.3 is 18.1 Å². The average molecular weight is 2090 g/mol. The lowest BCUT2D eigenvalue weighted by Gasteiger charge is -2.12. The number of hydrogen-bond donors (Lipinski definition) is 13. The number of para-hydroxylation sites is 2. The minimum Gasteiger partial charge on any atom is -0.331 e. The minimum absolute atomic E-state index is 0.117. The van der Waals surface area contributed by atoms with Crippen LogP contribution in [0.3, 0.4) is 0 Å². The third-order valence-electron chi connectivity index (χ3n) is 21.7. The zero-order valence-electron chi connectivity index (χ0n) is 79.7. The maximum Gasteiger partial charge on any atom is 0.323 e. The van der Waals surface area contributed by atoms with E-state index in [0.717, 1.165) is 138 Å². The quantitative estimate of drug-likeness (QED) is 0.0253. The highest BCUT2D eigenvalue weighted by Gasteiger charge is 2.19. The summed E-state index contributed by atoms with van der Waals surface area (Å²) in [7, 11) is 0. The lowest BCUT2D eigenvalue weighted by molar-refractivity contribution is 0.101. The number of benzene rings is 10. The number of anilines is 18. The molecular formula is C111H88ClF3N24O5S5. The van der Waals surface area contributed by atoms with E-state index >= 15 is 0 Å². The molecule has 0 bridgehead atoms. The van der Waals surface area contributed by atoms with E-state index < -0.39 is 23.7 Å². The number of nitrogens with one attached hydrogen (secondary N) is 13. The van der Waals surface area contributed by atoms with Gasteiger partial charge in [0.1, 0.15) is 17.5 Å². The highest BCUT2D eigenvalue weighted by atomic mass is 35.5. The van der Waals surface area contributed by atoms with Crippen molar-refractivity contribution in [3.63, 3.8) is 0 Å². The van der Waals surface area contributed by atoms with Crippen LogP contribution in [0.2, 0.25) is 5.02 Å². The van der Waals surface area contributed by atoms with Gasteiger partial charge in [0.2, 0.25) is 0 Å².